The number of hydrogen-bond donors (Lipinski definition) is 0. The van der Waals surface area contributed by atoms with E-state index in [1.165, 1.54) is 6.26 Å². The van der Waals surface area contributed by atoms with Crippen LogP contribution in [0.5, 0.6) is 0 Å². The Kier molecular flexibility index (Phi) is 2.76. The summed E-state index contributed by atoms with van der Waals surface area (Å²) >= 11 is 12.1. The monoisotopic (exact) mass is 234 g/mol. The normalized spacial score (nSPS) is 42.5. The third-order valence-electron chi connectivity index (χ3n) is 2.87. The van der Waals surface area contributed by atoms with Gasteiger partial charge < -0.3 is 4.74 Å². The first kappa shape index (κ1) is 10.3. The zero-order valence-corrected chi connectivity index (χ0v) is 9.39. The first-order chi connectivity index (χ1) is 6.59. The maximum absolute atomic E-state index is 11.8. The van der Waals surface area contributed by atoms with Crippen molar-refractivity contribution in [1.82, 2.24) is 0 Å². The van der Waals surface area contributed by atoms with E-state index in [4.69, 9.17) is 27.9 Å². The molecule has 1 saturated carbocycles. The van der Waals surface area contributed by atoms with Crippen LogP contribution in [-0.4, -0.2) is 22.6 Å². The summed E-state index contributed by atoms with van der Waals surface area (Å²) in [4.78, 5) is 11.8. The van der Waals surface area contributed by atoms with Crippen LogP contribution in [0.1, 0.15) is 19.8 Å². The maximum Gasteiger partial charge on any atom is 0.168 e. The molecule has 2 nitrogen and oxygen atoms in total. The van der Waals surface area contributed by atoms with E-state index in [1.807, 2.05) is 0 Å². The van der Waals surface area contributed by atoms with E-state index in [0.717, 1.165) is 0 Å². The summed E-state index contributed by atoms with van der Waals surface area (Å²) in [5.41, 5.74) is 0.667. The summed E-state index contributed by atoms with van der Waals surface area (Å²) in [6.45, 7) is 1.76. The maximum atomic E-state index is 11.8. The molecule has 4 unspecified atom stereocenters. The van der Waals surface area contributed by atoms with Crippen molar-refractivity contribution in [2.75, 3.05) is 0 Å². The highest BCUT2D eigenvalue weighted by molar-refractivity contribution is 6.24. The molecule has 0 aromatic rings. The van der Waals surface area contributed by atoms with Crippen LogP contribution in [0.3, 0.4) is 0 Å². The second-order valence-corrected chi connectivity index (χ2v) is 5.13. The lowest BCUT2D eigenvalue weighted by atomic mass is 9.80. The highest BCUT2D eigenvalue weighted by Crippen LogP contribution is 2.37. The Bertz CT molecular complexity index is 288. The van der Waals surface area contributed by atoms with Crippen LogP contribution in [0.4, 0.5) is 0 Å². The SMILES string of the molecule is CC1=COC2C(Cl)CC(Cl)CC2C1=O. The van der Waals surface area contributed by atoms with Crippen LogP contribution in [0, 0.1) is 5.92 Å². The van der Waals surface area contributed by atoms with E-state index >= 15 is 0 Å². The molecule has 0 N–H and O–H groups in total. The number of fused-ring (bicyclic) bond motifs is 1. The Morgan fingerprint density at radius 3 is 2.86 bits per heavy atom. The van der Waals surface area contributed by atoms with E-state index in [2.05, 4.69) is 0 Å². The second-order valence-electron chi connectivity index (χ2n) is 3.96. The summed E-state index contributed by atoms with van der Waals surface area (Å²) in [7, 11) is 0. The van der Waals surface area contributed by atoms with Crippen molar-refractivity contribution in [2.24, 2.45) is 5.92 Å². The number of alkyl halides is 2. The van der Waals surface area contributed by atoms with Crippen molar-refractivity contribution in [3.05, 3.63) is 11.8 Å². The fourth-order valence-electron chi connectivity index (χ4n) is 2.10. The third-order valence-corrected chi connectivity index (χ3v) is 3.65. The van der Waals surface area contributed by atoms with Gasteiger partial charge in [-0.05, 0) is 19.8 Å². The minimum absolute atomic E-state index is 0.00259. The molecule has 0 radical (unpaired) electrons. The lowest BCUT2D eigenvalue weighted by Gasteiger charge is -2.38. The first-order valence-electron chi connectivity index (χ1n) is 4.74. The summed E-state index contributed by atoms with van der Waals surface area (Å²) in [6, 6.07) is 0. The molecule has 1 fully saturated rings. The van der Waals surface area contributed by atoms with Crippen LogP contribution < -0.4 is 0 Å². The largest absolute Gasteiger partial charge is 0.495 e. The minimum atomic E-state index is -0.178. The van der Waals surface area contributed by atoms with E-state index in [-0.39, 0.29) is 28.6 Å². The molecular formula is C10H12Cl2O2. The van der Waals surface area contributed by atoms with E-state index in [1.54, 1.807) is 6.92 Å². The van der Waals surface area contributed by atoms with Gasteiger partial charge in [0.05, 0.1) is 17.6 Å². The number of ketones is 1. The second kappa shape index (κ2) is 3.74. The van der Waals surface area contributed by atoms with Crippen molar-refractivity contribution in [1.29, 1.82) is 0 Å². The highest BCUT2D eigenvalue weighted by Gasteiger charge is 2.43. The summed E-state index contributed by atoms with van der Waals surface area (Å²) in [5.74, 6) is -0.00370. The number of rotatable bonds is 0. The predicted octanol–water partition coefficient (Wildman–Crippen LogP) is 2.48. The van der Waals surface area contributed by atoms with Gasteiger partial charge in [0, 0.05) is 11.0 Å². The molecule has 78 valence electrons. The number of hydrogen-bond acceptors (Lipinski definition) is 2. The van der Waals surface area contributed by atoms with Gasteiger partial charge in [0.25, 0.3) is 0 Å². The molecule has 2 rings (SSSR count). The van der Waals surface area contributed by atoms with Crippen LogP contribution >= 0.6 is 23.2 Å². The van der Waals surface area contributed by atoms with Gasteiger partial charge in [-0.25, -0.2) is 0 Å². The number of carbonyl (C=O) groups is 1. The van der Waals surface area contributed by atoms with Gasteiger partial charge in [0.1, 0.15) is 6.10 Å². The van der Waals surface area contributed by atoms with E-state index in [9.17, 15) is 4.79 Å². The highest BCUT2D eigenvalue weighted by atomic mass is 35.5. The predicted molar refractivity (Wildman–Crippen MR) is 55.6 cm³/mol. The molecule has 1 aliphatic heterocycles. The van der Waals surface area contributed by atoms with Crippen molar-refractivity contribution >= 4 is 29.0 Å². The Hall–Kier alpha value is -0.210. The number of halogens is 2. The zero-order chi connectivity index (χ0) is 10.3. The summed E-state index contributed by atoms with van der Waals surface area (Å²) in [6.07, 6.45) is 2.74. The van der Waals surface area contributed by atoms with Crippen molar-refractivity contribution in [3.8, 4) is 0 Å². The van der Waals surface area contributed by atoms with Crippen LogP contribution in [-0.2, 0) is 9.53 Å². The smallest absolute Gasteiger partial charge is 0.168 e. The summed E-state index contributed by atoms with van der Waals surface area (Å²) < 4.78 is 5.45. The lowest BCUT2D eigenvalue weighted by molar-refractivity contribution is -0.126. The minimum Gasteiger partial charge on any atom is -0.495 e. The van der Waals surface area contributed by atoms with E-state index in [0.29, 0.717) is 18.4 Å². The van der Waals surface area contributed by atoms with Crippen LogP contribution in [0.25, 0.3) is 0 Å². The molecular weight excluding hydrogens is 223 g/mol. The van der Waals surface area contributed by atoms with Crippen molar-refractivity contribution in [2.45, 2.75) is 36.6 Å². The number of ether oxygens (including phenoxy) is 1. The van der Waals surface area contributed by atoms with Gasteiger partial charge >= 0.3 is 0 Å². The Balaban J connectivity index is 2.23. The van der Waals surface area contributed by atoms with E-state index < -0.39 is 0 Å². The standard InChI is InChI=1S/C10H12Cl2O2/c1-5-4-14-10-7(9(5)13)2-6(11)3-8(10)12/h4,6-8,10H,2-3H2,1H3. The van der Waals surface area contributed by atoms with Gasteiger partial charge in [0.15, 0.2) is 5.78 Å². The average Bonchev–Trinajstić information content (AvgIpc) is 2.12. The first-order valence-corrected chi connectivity index (χ1v) is 5.61. The number of allylic oxidation sites excluding steroid dienone is 1. The zero-order valence-electron chi connectivity index (χ0n) is 7.87. The van der Waals surface area contributed by atoms with Crippen molar-refractivity contribution in [3.63, 3.8) is 0 Å². The summed E-state index contributed by atoms with van der Waals surface area (Å²) in [5, 5.41) is -0.151. The average molecular weight is 235 g/mol. The van der Waals surface area contributed by atoms with Crippen LogP contribution in [0.15, 0.2) is 11.8 Å². The van der Waals surface area contributed by atoms with Gasteiger partial charge in [-0.2, -0.15) is 0 Å². The fourth-order valence-corrected chi connectivity index (χ4v) is 3.03. The molecule has 0 bridgehead atoms. The van der Waals surface area contributed by atoms with Gasteiger partial charge in [-0.15, -0.1) is 23.2 Å². The molecule has 4 atom stereocenters. The molecule has 14 heavy (non-hydrogen) atoms. The number of carbonyl (C=O) groups excluding carboxylic acids is 1. The molecule has 0 aromatic heterocycles. The van der Waals surface area contributed by atoms with Gasteiger partial charge in [-0.1, -0.05) is 0 Å². The molecule has 2 aliphatic rings. The third kappa shape index (κ3) is 1.66. The fraction of sp³-hybridized carbons (Fsp3) is 0.700. The Labute approximate surface area is 93.2 Å². The molecule has 1 aliphatic carbocycles. The quantitative estimate of drug-likeness (QED) is 0.603. The van der Waals surface area contributed by atoms with Crippen LogP contribution in [0.2, 0.25) is 0 Å². The molecule has 0 saturated heterocycles. The number of Topliss-reactive ketones (excluding diaryl/α,β-unsaturated/α-hetero) is 1. The molecule has 0 aromatic carbocycles. The lowest BCUT2D eigenvalue weighted by Crippen LogP contribution is -2.45. The topological polar surface area (TPSA) is 26.3 Å². The van der Waals surface area contributed by atoms with Gasteiger partial charge in [0.2, 0.25) is 0 Å². The van der Waals surface area contributed by atoms with Gasteiger partial charge in [-0.3, -0.25) is 4.79 Å². The Morgan fingerprint density at radius 2 is 2.14 bits per heavy atom. The van der Waals surface area contributed by atoms with Crippen molar-refractivity contribution < 1.29 is 9.53 Å². The molecule has 1 heterocycles. The molecule has 0 spiro atoms. The molecule has 4 heteroatoms. The Morgan fingerprint density at radius 1 is 1.43 bits per heavy atom. The molecule has 0 amide bonds.